The number of hydrogen-bond donors (Lipinski definition) is 7. The van der Waals surface area contributed by atoms with Crippen molar-refractivity contribution < 1.29 is 35.1 Å². The number of allylic oxidation sites excluding steroid dienone is 7. The highest BCUT2D eigenvalue weighted by molar-refractivity contribution is 5.74. The molecule has 9 atom stereocenters. The van der Waals surface area contributed by atoms with Gasteiger partial charge in [-0.1, -0.05) is 96.6 Å². The zero-order chi connectivity index (χ0) is 44.9. The third-order valence-corrected chi connectivity index (χ3v) is 14.9. The molecule has 9 heteroatoms. The SMILES string of the molecule is C=C(C=CC=C(CO)[C@H]1CC[C@@]2(C(CCCO)C(=C(C)C=O)CC[C@]2(O)CCNC)[C@@H]1O)[C@H]1CC=C(C)[C@@H](O)N[C@@](C)(CCOC)Cc2cccc(c2)[C@@H]1CCc1ccccc1. The number of nitrogens with one attached hydrogen (secondary N) is 2. The molecule has 1 unspecified atom stereocenters. The van der Waals surface area contributed by atoms with Gasteiger partial charge < -0.3 is 35.6 Å². The molecule has 1 aliphatic heterocycles. The minimum atomic E-state index is -1.21. The van der Waals surface area contributed by atoms with E-state index in [0.29, 0.717) is 75.7 Å². The van der Waals surface area contributed by atoms with Crippen LogP contribution in [0.25, 0.3) is 0 Å². The molecular formula is C53H76N2O7. The Bertz CT molecular complexity index is 1910. The Morgan fingerprint density at radius 3 is 2.52 bits per heavy atom. The second kappa shape index (κ2) is 22.9. The molecular weight excluding hydrogens is 777 g/mol. The fraction of sp³-hybridized carbons (Fsp3) is 0.566. The maximum Gasteiger partial charge on any atom is 0.145 e. The van der Waals surface area contributed by atoms with Crippen LogP contribution in [-0.4, -0.2) is 95.8 Å². The molecule has 0 amide bonds. The van der Waals surface area contributed by atoms with Gasteiger partial charge in [0, 0.05) is 37.2 Å². The number of ether oxygens (including phenoxy) is 1. The van der Waals surface area contributed by atoms with Crippen LogP contribution in [-0.2, 0) is 22.4 Å². The van der Waals surface area contributed by atoms with Crippen LogP contribution in [0.1, 0.15) is 108 Å². The summed E-state index contributed by atoms with van der Waals surface area (Å²) in [6, 6.07) is 19.4. The van der Waals surface area contributed by atoms with Crippen molar-refractivity contribution >= 4 is 6.29 Å². The zero-order valence-corrected chi connectivity index (χ0v) is 38.1. The van der Waals surface area contributed by atoms with Crippen molar-refractivity contribution in [1.82, 2.24) is 10.6 Å². The monoisotopic (exact) mass is 853 g/mol. The normalized spacial score (nSPS) is 31.7. The summed E-state index contributed by atoms with van der Waals surface area (Å²) in [6.45, 7) is 11.5. The number of aryl methyl sites for hydroxylation is 1. The molecule has 1 spiro atoms. The molecule has 3 aliphatic rings. The fourth-order valence-corrected chi connectivity index (χ4v) is 11.3. The molecule has 1 heterocycles. The Morgan fingerprint density at radius 1 is 1.05 bits per heavy atom. The van der Waals surface area contributed by atoms with E-state index < -0.39 is 34.8 Å². The summed E-state index contributed by atoms with van der Waals surface area (Å²) in [6.07, 6.45) is 14.5. The first-order valence-electron chi connectivity index (χ1n) is 23.0. The highest BCUT2D eigenvalue weighted by Gasteiger charge is 2.65. The average molecular weight is 853 g/mol. The van der Waals surface area contributed by atoms with Crippen molar-refractivity contribution in [2.75, 3.05) is 40.5 Å². The summed E-state index contributed by atoms with van der Waals surface area (Å²) in [5, 5.41) is 64.3. The summed E-state index contributed by atoms with van der Waals surface area (Å²) in [4.78, 5) is 12.2. The van der Waals surface area contributed by atoms with Gasteiger partial charge in [-0.05, 0) is 163 Å². The molecule has 0 saturated heterocycles. The molecule has 0 radical (unpaired) electrons. The predicted octanol–water partition coefficient (Wildman–Crippen LogP) is 7.44. The van der Waals surface area contributed by atoms with Gasteiger partial charge in [-0.3, -0.25) is 10.1 Å². The summed E-state index contributed by atoms with van der Waals surface area (Å²) >= 11 is 0. The largest absolute Gasteiger partial charge is 0.396 e. The number of methoxy groups -OCH3 is 1. The van der Waals surface area contributed by atoms with E-state index in [9.17, 15) is 30.3 Å². The Labute approximate surface area is 371 Å². The van der Waals surface area contributed by atoms with Crippen molar-refractivity contribution in [1.29, 1.82) is 0 Å². The minimum Gasteiger partial charge on any atom is -0.396 e. The second-order valence-corrected chi connectivity index (χ2v) is 18.8. The number of benzene rings is 2. The standard InChI is InChI=1S/C53H76N2O7/c1-37(13-10-18-43(36-58)47-25-27-53(49(47)59)48(19-12-31-56)45(39(3)35-57)24-26-52(53,61)28-30-54-5)44-22-20-38(2)50(60)55-51(4,29-32-62-6)34-41-16-11-17-42(33-41)46(44)23-21-40-14-8-7-9-15-40/h7-11,13-18,20,33,35,44,46-50,54-56,58-61H,1,12,19,21-32,34,36H2,2-6H3/t44-,46+,47-,48?,49-,50-,51+,52+,53-/m1/s1. The van der Waals surface area contributed by atoms with Gasteiger partial charge >= 0.3 is 0 Å². The van der Waals surface area contributed by atoms with Gasteiger partial charge in [0.25, 0.3) is 0 Å². The maximum atomic E-state index is 12.6. The number of fused-ring (bicyclic) bond motifs is 2. The average Bonchev–Trinajstić information content (AvgIpc) is 3.61. The summed E-state index contributed by atoms with van der Waals surface area (Å²) < 4.78 is 5.48. The van der Waals surface area contributed by atoms with E-state index in [-0.39, 0.29) is 31.0 Å². The van der Waals surface area contributed by atoms with Gasteiger partial charge in [0.2, 0.25) is 0 Å². The molecule has 2 aromatic rings. The second-order valence-electron chi connectivity index (χ2n) is 18.8. The zero-order valence-electron chi connectivity index (χ0n) is 38.1. The van der Waals surface area contributed by atoms with E-state index >= 15 is 0 Å². The lowest BCUT2D eigenvalue weighted by Gasteiger charge is -2.57. The number of aliphatic hydroxyl groups excluding tert-OH is 4. The molecule has 2 bridgehead atoms. The van der Waals surface area contributed by atoms with Crippen LogP contribution >= 0.6 is 0 Å². The van der Waals surface area contributed by atoms with Crippen molar-refractivity contribution in [2.45, 2.75) is 127 Å². The molecule has 2 saturated carbocycles. The summed E-state index contributed by atoms with van der Waals surface area (Å²) in [7, 11) is 3.56. The number of carbonyl (C=O) groups excluding carboxylic acids is 1. The summed E-state index contributed by atoms with van der Waals surface area (Å²) in [5.41, 5.74) is 5.21. The molecule has 7 N–H and O–H groups in total. The highest BCUT2D eigenvalue weighted by atomic mass is 16.5. The van der Waals surface area contributed by atoms with E-state index in [1.54, 1.807) is 7.11 Å². The van der Waals surface area contributed by atoms with E-state index in [2.05, 4.69) is 78.7 Å². The van der Waals surface area contributed by atoms with E-state index in [4.69, 9.17) is 4.74 Å². The lowest BCUT2D eigenvalue weighted by molar-refractivity contribution is -0.180. The van der Waals surface area contributed by atoms with Gasteiger partial charge in [-0.25, -0.2) is 0 Å². The first-order valence-corrected chi connectivity index (χ1v) is 23.0. The van der Waals surface area contributed by atoms with Crippen LogP contribution in [0.3, 0.4) is 0 Å². The Morgan fingerprint density at radius 2 is 1.82 bits per heavy atom. The number of hydrogen-bond acceptors (Lipinski definition) is 9. The minimum absolute atomic E-state index is 0.0130. The Balaban J connectivity index is 1.51. The van der Waals surface area contributed by atoms with Crippen LogP contribution in [0.5, 0.6) is 0 Å². The first kappa shape index (κ1) is 49.5. The van der Waals surface area contributed by atoms with Crippen LogP contribution in [0.4, 0.5) is 0 Å². The van der Waals surface area contributed by atoms with Gasteiger partial charge in [0.05, 0.1) is 18.3 Å². The highest BCUT2D eigenvalue weighted by Crippen LogP contribution is 2.64. The van der Waals surface area contributed by atoms with Gasteiger partial charge in [0.15, 0.2) is 0 Å². The predicted molar refractivity (Wildman–Crippen MR) is 249 cm³/mol. The van der Waals surface area contributed by atoms with Crippen LogP contribution in [0, 0.1) is 23.2 Å². The van der Waals surface area contributed by atoms with Gasteiger partial charge in [-0.2, -0.15) is 0 Å². The topological polar surface area (TPSA) is 152 Å². The molecule has 2 fully saturated rings. The molecule has 340 valence electrons. The van der Waals surface area contributed by atoms with Crippen LogP contribution < -0.4 is 10.6 Å². The van der Waals surface area contributed by atoms with Crippen molar-refractivity contribution in [3.8, 4) is 0 Å². The van der Waals surface area contributed by atoms with E-state index in [1.807, 2.05) is 45.2 Å². The number of aliphatic hydroxyl groups is 5. The van der Waals surface area contributed by atoms with E-state index in [0.717, 1.165) is 48.7 Å². The lowest BCUT2D eigenvalue weighted by atomic mass is 9.51. The van der Waals surface area contributed by atoms with E-state index in [1.165, 1.54) is 16.7 Å². The first-order chi connectivity index (χ1) is 29.8. The molecule has 2 aliphatic carbocycles. The smallest absolute Gasteiger partial charge is 0.145 e. The van der Waals surface area contributed by atoms with Crippen molar-refractivity contribution in [3.05, 3.63) is 130 Å². The van der Waals surface area contributed by atoms with Crippen molar-refractivity contribution in [2.24, 2.45) is 23.2 Å². The van der Waals surface area contributed by atoms with Crippen molar-refractivity contribution in [3.63, 3.8) is 0 Å². The number of rotatable bonds is 18. The molecule has 5 rings (SSSR count). The quantitative estimate of drug-likeness (QED) is 0.0352. The fourth-order valence-electron chi connectivity index (χ4n) is 11.3. The molecule has 2 aromatic carbocycles. The third kappa shape index (κ3) is 11.4. The van der Waals surface area contributed by atoms with Crippen LogP contribution in [0.2, 0.25) is 0 Å². The Hall–Kier alpha value is -3.51. The van der Waals surface area contributed by atoms with Gasteiger partial charge in [0.1, 0.15) is 12.5 Å². The van der Waals surface area contributed by atoms with Gasteiger partial charge in [-0.15, -0.1) is 0 Å². The third-order valence-electron chi connectivity index (χ3n) is 14.9. The number of carbonyl (C=O) groups is 1. The lowest BCUT2D eigenvalue weighted by Crippen LogP contribution is -2.61. The van der Waals surface area contributed by atoms with Crippen LogP contribution in [0.15, 0.2) is 113 Å². The number of aldehydes is 1. The maximum absolute atomic E-state index is 12.6. The summed E-state index contributed by atoms with van der Waals surface area (Å²) in [5.74, 6) is -0.606. The molecule has 0 aromatic heterocycles. The Kier molecular flexibility index (Phi) is 18.3. The molecule has 62 heavy (non-hydrogen) atoms. The molecule has 9 nitrogen and oxygen atoms in total.